The number of hydrogen-bond donors (Lipinski definition) is 1. The number of anilines is 1. The summed E-state index contributed by atoms with van der Waals surface area (Å²) < 4.78 is 30.7. The first-order chi connectivity index (χ1) is 12.7. The number of ketones is 1. The molecule has 0 spiro atoms. The second-order valence-electron chi connectivity index (χ2n) is 6.48. The molecule has 0 aliphatic heterocycles. The Morgan fingerprint density at radius 1 is 1.33 bits per heavy atom. The van der Waals surface area contributed by atoms with Gasteiger partial charge in [0.1, 0.15) is 5.78 Å². The molecule has 1 amide bonds. The minimum absolute atomic E-state index is 0.0132. The smallest absolute Gasteiger partial charge is 0.307 e. The maximum atomic E-state index is 13.1. The molecule has 3 atom stereocenters. The van der Waals surface area contributed by atoms with Gasteiger partial charge >= 0.3 is 5.97 Å². The van der Waals surface area contributed by atoms with E-state index in [1.54, 1.807) is 6.92 Å². The van der Waals surface area contributed by atoms with E-state index in [4.69, 9.17) is 4.74 Å². The minimum Gasteiger partial charge on any atom is -0.456 e. The lowest BCUT2D eigenvalue weighted by Crippen LogP contribution is -2.28. The van der Waals surface area contributed by atoms with Crippen LogP contribution in [0.4, 0.5) is 14.5 Å². The van der Waals surface area contributed by atoms with E-state index in [9.17, 15) is 33.3 Å². The largest absolute Gasteiger partial charge is 0.456 e. The molecule has 10 heteroatoms. The van der Waals surface area contributed by atoms with Crippen molar-refractivity contribution >= 4 is 23.3 Å². The summed E-state index contributed by atoms with van der Waals surface area (Å²) in [5.41, 5.74) is -0.0132. The number of nitro groups is 1. The van der Waals surface area contributed by atoms with Crippen LogP contribution in [-0.4, -0.2) is 35.7 Å². The van der Waals surface area contributed by atoms with Gasteiger partial charge in [-0.25, -0.2) is 8.78 Å². The number of rotatable bonds is 7. The lowest BCUT2D eigenvalue weighted by molar-refractivity contribution is -0.490. The Kier molecular flexibility index (Phi) is 6.54. The molecule has 1 aliphatic carbocycles. The highest BCUT2D eigenvalue weighted by Gasteiger charge is 2.44. The average Bonchev–Trinajstić information content (AvgIpc) is 2.83. The number of benzene rings is 1. The molecule has 1 aromatic carbocycles. The first kappa shape index (κ1) is 20.4. The van der Waals surface area contributed by atoms with Crippen LogP contribution in [0.2, 0.25) is 0 Å². The Hall–Kier alpha value is -2.91. The maximum absolute atomic E-state index is 13.1. The molecule has 27 heavy (non-hydrogen) atoms. The van der Waals surface area contributed by atoms with E-state index in [2.05, 4.69) is 5.32 Å². The molecule has 0 heterocycles. The van der Waals surface area contributed by atoms with Crippen LogP contribution >= 0.6 is 0 Å². The van der Waals surface area contributed by atoms with Gasteiger partial charge in [-0.1, -0.05) is 6.92 Å². The molecule has 2 rings (SSSR count). The molecule has 0 unspecified atom stereocenters. The maximum Gasteiger partial charge on any atom is 0.307 e. The van der Waals surface area contributed by atoms with Gasteiger partial charge in [0.05, 0.1) is 6.42 Å². The first-order valence-electron chi connectivity index (χ1n) is 8.22. The summed E-state index contributed by atoms with van der Waals surface area (Å²) in [5.74, 6) is -5.65. The predicted octanol–water partition coefficient (Wildman–Crippen LogP) is 1.95. The second kappa shape index (κ2) is 8.65. The Morgan fingerprint density at radius 2 is 2.04 bits per heavy atom. The van der Waals surface area contributed by atoms with Gasteiger partial charge in [0.15, 0.2) is 18.2 Å². The Morgan fingerprint density at radius 3 is 2.67 bits per heavy atom. The zero-order valence-corrected chi connectivity index (χ0v) is 14.4. The standard InChI is InChI=1S/C17H18F2N2O6/c1-9-4-15(22)11(12(9)7-21(25)26)6-17(24)27-8-16(23)20-10-2-3-13(18)14(19)5-10/h2-3,5,9,11-12H,4,6-8H2,1H3,(H,20,23)/t9-,11+,12-/m1/s1. The monoisotopic (exact) mass is 384 g/mol. The van der Waals surface area contributed by atoms with Crippen molar-refractivity contribution in [3.8, 4) is 0 Å². The highest BCUT2D eigenvalue weighted by Crippen LogP contribution is 2.36. The number of amides is 1. The zero-order valence-electron chi connectivity index (χ0n) is 14.4. The van der Waals surface area contributed by atoms with Gasteiger partial charge in [-0.2, -0.15) is 0 Å². The minimum atomic E-state index is -1.14. The van der Waals surface area contributed by atoms with Crippen molar-refractivity contribution in [2.45, 2.75) is 19.8 Å². The summed E-state index contributed by atoms with van der Waals surface area (Å²) in [6.07, 6.45) is -0.187. The van der Waals surface area contributed by atoms with Gasteiger partial charge in [0, 0.05) is 34.9 Å². The predicted molar refractivity (Wildman–Crippen MR) is 88.2 cm³/mol. The fraction of sp³-hybridized carbons (Fsp3) is 0.471. The van der Waals surface area contributed by atoms with Crippen LogP contribution in [0.15, 0.2) is 18.2 Å². The van der Waals surface area contributed by atoms with Crippen LogP contribution in [-0.2, 0) is 19.1 Å². The molecular weight excluding hydrogens is 366 g/mol. The third kappa shape index (κ3) is 5.53. The van der Waals surface area contributed by atoms with E-state index in [1.165, 1.54) is 0 Å². The molecule has 0 bridgehead atoms. The lowest BCUT2D eigenvalue weighted by Gasteiger charge is -2.17. The van der Waals surface area contributed by atoms with Gasteiger partial charge < -0.3 is 10.1 Å². The number of Topliss-reactive ketones (excluding diaryl/α,β-unsaturated/α-hetero) is 1. The summed E-state index contributed by atoms with van der Waals surface area (Å²) in [6, 6.07) is 2.74. The van der Waals surface area contributed by atoms with Gasteiger partial charge in [-0.15, -0.1) is 0 Å². The fourth-order valence-corrected chi connectivity index (χ4v) is 3.16. The van der Waals surface area contributed by atoms with Crippen molar-refractivity contribution in [1.29, 1.82) is 0 Å². The van der Waals surface area contributed by atoms with E-state index < -0.39 is 53.4 Å². The molecule has 0 aromatic heterocycles. The topological polar surface area (TPSA) is 116 Å². The quantitative estimate of drug-likeness (QED) is 0.436. The van der Waals surface area contributed by atoms with E-state index in [0.29, 0.717) is 0 Å². The summed E-state index contributed by atoms with van der Waals surface area (Å²) >= 11 is 0. The molecule has 0 saturated heterocycles. The number of nitrogens with zero attached hydrogens (tertiary/aromatic N) is 1. The van der Waals surface area contributed by atoms with Crippen molar-refractivity contribution in [2.75, 3.05) is 18.5 Å². The zero-order chi connectivity index (χ0) is 20.1. The second-order valence-corrected chi connectivity index (χ2v) is 6.48. The van der Waals surface area contributed by atoms with E-state index in [-0.39, 0.29) is 30.2 Å². The molecule has 0 radical (unpaired) electrons. The van der Waals surface area contributed by atoms with Crippen molar-refractivity contribution in [1.82, 2.24) is 0 Å². The van der Waals surface area contributed by atoms with E-state index in [1.807, 2.05) is 0 Å². The van der Waals surface area contributed by atoms with Crippen molar-refractivity contribution < 1.29 is 32.8 Å². The van der Waals surface area contributed by atoms with Crippen molar-refractivity contribution in [3.05, 3.63) is 39.9 Å². The summed E-state index contributed by atoms with van der Waals surface area (Å²) in [5, 5.41) is 13.0. The van der Waals surface area contributed by atoms with Gasteiger partial charge in [0.25, 0.3) is 5.91 Å². The van der Waals surface area contributed by atoms with Crippen LogP contribution < -0.4 is 5.32 Å². The van der Waals surface area contributed by atoms with E-state index >= 15 is 0 Å². The summed E-state index contributed by atoms with van der Waals surface area (Å²) in [6.45, 7) is 0.613. The first-order valence-corrected chi connectivity index (χ1v) is 8.22. The number of esters is 1. The highest BCUT2D eigenvalue weighted by molar-refractivity contribution is 5.93. The Labute approximate surface area is 153 Å². The Balaban J connectivity index is 1.85. The number of nitrogens with one attached hydrogen (secondary N) is 1. The normalized spacial score (nSPS) is 21.7. The SMILES string of the molecule is C[C@@H]1CC(=O)[C@@H](CC(=O)OCC(=O)Nc2ccc(F)c(F)c2)[C@@H]1C[N+](=O)[O-]. The van der Waals surface area contributed by atoms with Crippen LogP contribution in [0, 0.1) is 39.5 Å². The van der Waals surface area contributed by atoms with Crippen LogP contribution in [0.5, 0.6) is 0 Å². The average molecular weight is 384 g/mol. The lowest BCUT2D eigenvalue weighted by atomic mass is 9.88. The third-order valence-electron chi connectivity index (χ3n) is 4.50. The van der Waals surface area contributed by atoms with Crippen molar-refractivity contribution in [3.63, 3.8) is 0 Å². The number of hydrogen-bond acceptors (Lipinski definition) is 6. The number of carbonyl (C=O) groups is 3. The van der Waals surface area contributed by atoms with Gasteiger partial charge in [0.2, 0.25) is 6.54 Å². The number of halogens is 2. The molecule has 1 aromatic rings. The van der Waals surface area contributed by atoms with Crippen molar-refractivity contribution in [2.24, 2.45) is 17.8 Å². The number of ether oxygens (including phenoxy) is 1. The van der Waals surface area contributed by atoms with E-state index in [0.717, 1.165) is 18.2 Å². The molecule has 1 saturated carbocycles. The molecule has 8 nitrogen and oxygen atoms in total. The van der Waals surface area contributed by atoms with Crippen LogP contribution in [0.3, 0.4) is 0 Å². The highest BCUT2D eigenvalue weighted by atomic mass is 19.2. The molecule has 1 fully saturated rings. The Bertz CT molecular complexity index is 770. The third-order valence-corrected chi connectivity index (χ3v) is 4.50. The summed E-state index contributed by atoms with van der Waals surface area (Å²) in [7, 11) is 0. The van der Waals surface area contributed by atoms with Gasteiger partial charge in [-0.3, -0.25) is 24.5 Å². The molecule has 1 N–H and O–H groups in total. The van der Waals surface area contributed by atoms with Gasteiger partial charge in [-0.05, 0) is 18.1 Å². The molecular formula is C17H18F2N2O6. The van der Waals surface area contributed by atoms with Crippen LogP contribution in [0.25, 0.3) is 0 Å². The van der Waals surface area contributed by atoms with Crippen LogP contribution in [0.1, 0.15) is 19.8 Å². The molecule has 146 valence electrons. The summed E-state index contributed by atoms with van der Waals surface area (Å²) in [4.78, 5) is 45.8. The fourth-order valence-electron chi connectivity index (χ4n) is 3.16. The number of carbonyl (C=O) groups excluding carboxylic acids is 3. The molecule has 1 aliphatic rings.